The van der Waals surface area contributed by atoms with Crippen molar-refractivity contribution in [2.45, 2.75) is 50.2 Å². The fourth-order valence-electron chi connectivity index (χ4n) is 1.36. The first-order chi connectivity index (χ1) is 7.74. The Bertz CT molecular complexity index is 323. The zero-order valence-corrected chi connectivity index (χ0v) is 10.7. The summed E-state index contributed by atoms with van der Waals surface area (Å²) in [7, 11) is 0. The van der Waals surface area contributed by atoms with Gasteiger partial charge >= 0.3 is 0 Å². The van der Waals surface area contributed by atoms with E-state index in [0.29, 0.717) is 5.25 Å². The van der Waals surface area contributed by atoms with E-state index >= 15 is 0 Å². The highest BCUT2D eigenvalue weighted by Crippen LogP contribution is 2.18. The molecule has 0 bridgehead atoms. The van der Waals surface area contributed by atoms with Crippen LogP contribution in [0, 0.1) is 0 Å². The van der Waals surface area contributed by atoms with Crippen molar-refractivity contribution >= 4 is 11.8 Å². The van der Waals surface area contributed by atoms with Gasteiger partial charge < -0.3 is 9.84 Å². The van der Waals surface area contributed by atoms with Gasteiger partial charge in [-0.25, -0.2) is 0 Å². The van der Waals surface area contributed by atoms with Crippen LogP contribution in [0.5, 0.6) is 0 Å². The first-order valence-corrected chi connectivity index (χ1v) is 6.95. The Labute approximate surface area is 101 Å². The van der Waals surface area contributed by atoms with Crippen LogP contribution in [-0.4, -0.2) is 28.0 Å². The highest BCUT2D eigenvalue weighted by Gasteiger charge is 2.20. The summed E-state index contributed by atoms with van der Waals surface area (Å²) in [6.07, 6.45) is 3.48. The minimum absolute atomic E-state index is 0.610. The Balaban J connectivity index is 1.68. The van der Waals surface area contributed by atoms with E-state index in [0.717, 1.165) is 36.5 Å². The van der Waals surface area contributed by atoms with Crippen LogP contribution in [0.3, 0.4) is 0 Å². The SMILES string of the molecule is CC(C)SCc1noc(CCNC2CC2)n1. The lowest BCUT2D eigenvalue weighted by atomic mass is 10.4. The highest BCUT2D eigenvalue weighted by atomic mass is 32.2. The molecule has 0 amide bonds. The van der Waals surface area contributed by atoms with Gasteiger partial charge in [0, 0.05) is 19.0 Å². The number of nitrogens with zero attached hydrogens (tertiary/aromatic N) is 2. The molecule has 90 valence electrons. The molecular weight excluding hydrogens is 222 g/mol. The smallest absolute Gasteiger partial charge is 0.227 e. The Hall–Kier alpha value is -0.550. The first-order valence-electron chi connectivity index (χ1n) is 5.90. The molecule has 0 aromatic carbocycles. The lowest BCUT2D eigenvalue weighted by Gasteiger charge is -1.99. The van der Waals surface area contributed by atoms with E-state index in [-0.39, 0.29) is 0 Å². The lowest BCUT2D eigenvalue weighted by Crippen LogP contribution is -2.19. The average Bonchev–Trinajstić information content (AvgIpc) is 2.94. The molecule has 16 heavy (non-hydrogen) atoms. The predicted molar refractivity (Wildman–Crippen MR) is 65.5 cm³/mol. The standard InChI is InChI=1S/C11H19N3OS/c1-8(2)16-7-10-13-11(15-14-10)5-6-12-9-3-4-9/h8-9,12H,3-7H2,1-2H3. The molecule has 0 atom stereocenters. The van der Waals surface area contributed by atoms with Crippen molar-refractivity contribution in [1.82, 2.24) is 15.5 Å². The van der Waals surface area contributed by atoms with Crippen LogP contribution in [0.4, 0.5) is 0 Å². The van der Waals surface area contributed by atoms with Gasteiger partial charge in [0.15, 0.2) is 5.82 Å². The molecule has 1 saturated carbocycles. The molecule has 2 rings (SSSR count). The Morgan fingerprint density at radius 1 is 1.50 bits per heavy atom. The van der Waals surface area contributed by atoms with Crippen LogP contribution in [0.1, 0.15) is 38.4 Å². The molecule has 0 aliphatic heterocycles. The fraction of sp³-hybridized carbons (Fsp3) is 0.818. The molecule has 4 nitrogen and oxygen atoms in total. The number of nitrogens with one attached hydrogen (secondary N) is 1. The van der Waals surface area contributed by atoms with Gasteiger partial charge in [-0.2, -0.15) is 16.7 Å². The third-order valence-electron chi connectivity index (χ3n) is 2.41. The molecule has 1 aliphatic carbocycles. The minimum atomic E-state index is 0.610. The maximum absolute atomic E-state index is 5.18. The van der Waals surface area contributed by atoms with Crippen LogP contribution in [0.2, 0.25) is 0 Å². The number of thioether (sulfide) groups is 1. The van der Waals surface area contributed by atoms with Crippen molar-refractivity contribution in [2.75, 3.05) is 6.54 Å². The second-order valence-corrected chi connectivity index (χ2v) is 6.01. The van der Waals surface area contributed by atoms with E-state index in [9.17, 15) is 0 Å². The van der Waals surface area contributed by atoms with Gasteiger partial charge in [0.1, 0.15) is 0 Å². The number of hydrogen-bond acceptors (Lipinski definition) is 5. The first kappa shape index (κ1) is 11.9. The van der Waals surface area contributed by atoms with Crippen LogP contribution in [0.25, 0.3) is 0 Å². The topological polar surface area (TPSA) is 51.0 Å². The van der Waals surface area contributed by atoms with E-state index in [1.165, 1.54) is 12.8 Å². The fourth-order valence-corrected chi connectivity index (χ4v) is 1.96. The molecule has 0 unspecified atom stereocenters. The van der Waals surface area contributed by atoms with E-state index in [2.05, 4.69) is 29.3 Å². The zero-order chi connectivity index (χ0) is 11.4. The molecule has 1 fully saturated rings. The highest BCUT2D eigenvalue weighted by molar-refractivity contribution is 7.99. The van der Waals surface area contributed by atoms with Crippen molar-refractivity contribution in [3.8, 4) is 0 Å². The molecule has 0 spiro atoms. The van der Waals surface area contributed by atoms with Crippen LogP contribution < -0.4 is 5.32 Å². The van der Waals surface area contributed by atoms with Gasteiger partial charge in [-0.1, -0.05) is 19.0 Å². The lowest BCUT2D eigenvalue weighted by molar-refractivity contribution is 0.372. The van der Waals surface area contributed by atoms with Crippen molar-refractivity contribution in [3.05, 3.63) is 11.7 Å². The van der Waals surface area contributed by atoms with Gasteiger partial charge in [-0.3, -0.25) is 0 Å². The van der Waals surface area contributed by atoms with Gasteiger partial charge in [0.05, 0.1) is 5.75 Å². The molecule has 1 N–H and O–H groups in total. The molecule has 1 aromatic rings. The summed E-state index contributed by atoms with van der Waals surface area (Å²) in [6, 6.07) is 0.749. The van der Waals surface area contributed by atoms with Crippen LogP contribution >= 0.6 is 11.8 Å². The molecule has 1 heterocycles. The van der Waals surface area contributed by atoms with Gasteiger partial charge in [0.2, 0.25) is 5.89 Å². The molecule has 0 radical (unpaired) electrons. The minimum Gasteiger partial charge on any atom is -0.339 e. The van der Waals surface area contributed by atoms with Crippen LogP contribution in [0.15, 0.2) is 4.52 Å². The summed E-state index contributed by atoms with van der Waals surface area (Å²) < 4.78 is 5.18. The largest absolute Gasteiger partial charge is 0.339 e. The number of aromatic nitrogens is 2. The van der Waals surface area contributed by atoms with E-state index in [1.807, 2.05) is 11.8 Å². The molecule has 1 aromatic heterocycles. The van der Waals surface area contributed by atoms with E-state index in [4.69, 9.17) is 4.52 Å². The maximum Gasteiger partial charge on any atom is 0.227 e. The average molecular weight is 241 g/mol. The quantitative estimate of drug-likeness (QED) is 0.791. The third-order valence-corrected chi connectivity index (χ3v) is 3.50. The zero-order valence-electron chi connectivity index (χ0n) is 9.90. The second-order valence-electron chi connectivity index (χ2n) is 4.44. The second kappa shape index (κ2) is 5.68. The van der Waals surface area contributed by atoms with Crippen LogP contribution in [-0.2, 0) is 12.2 Å². The van der Waals surface area contributed by atoms with E-state index < -0.39 is 0 Å². The van der Waals surface area contributed by atoms with Gasteiger partial charge in [-0.15, -0.1) is 0 Å². The molecule has 1 aliphatic rings. The molecular formula is C11H19N3OS. The normalized spacial score (nSPS) is 15.9. The summed E-state index contributed by atoms with van der Waals surface area (Å²) in [5.74, 6) is 2.42. The van der Waals surface area contributed by atoms with Gasteiger partial charge in [-0.05, 0) is 18.1 Å². The summed E-state index contributed by atoms with van der Waals surface area (Å²) in [5, 5.41) is 8.01. The Kier molecular flexibility index (Phi) is 4.23. The molecule has 5 heteroatoms. The summed E-state index contributed by atoms with van der Waals surface area (Å²) >= 11 is 1.84. The van der Waals surface area contributed by atoms with Crippen molar-refractivity contribution in [1.29, 1.82) is 0 Å². The van der Waals surface area contributed by atoms with E-state index in [1.54, 1.807) is 0 Å². The maximum atomic E-state index is 5.18. The Morgan fingerprint density at radius 3 is 3.00 bits per heavy atom. The molecule has 0 saturated heterocycles. The summed E-state index contributed by atoms with van der Waals surface area (Å²) in [6.45, 7) is 5.29. The number of hydrogen-bond donors (Lipinski definition) is 1. The van der Waals surface area contributed by atoms with Crippen molar-refractivity contribution in [2.24, 2.45) is 0 Å². The Morgan fingerprint density at radius 2 is 2.31 bits per heavy atom. The summed E-state index contributed by atoms with van der Waals surface area (Å²) in [4.78, 5) is 4.36. The van der Waals surface area contributed by atoms with Crippen molar-refractivity contribution < 1.29 is 4.52 Å². The predicted octanol–water partition coefficient (Wildman–Crippen LogP) is 2.01. The monoisotopic (exact) mass is 241 g/mol. The third kappa shape index (κ3) is 4.14. The van der Waals surface area contributed by atoms with Crippen molar-refractivity contribution in [3.63, 3.8) is 0 Å². The van der Waals surface area contributed by atoms with Gasteiger partial charge in [0.25, 0.3) is 0 Å². The number of rotatable bonds is 7. The summed E-state index contributed by atoms with van der Waals surface area (Å²) in [5.41, 5.74) is 0.